The molecule has 2 aromatic carbocycles. The molecule has 0 amide bonds. The summed E-state index contributed by atoms with van der Waals surface area (Å²) in [4.78, 5) is -1.04. The van der Waals surface area contributed by atoms with E-state index in [4.69, 9.17) is 9.78 Å². The number of hydrogen-bond acceptors (Lipinski definition) is 6. The number of aliphatic hydroxyl groups excluding tert-OH is 1. The van der Waals surface area contributed by atoms with Crippen molar-refractivity contribution in [3.8, 4) is 28.5 Å². The summed E-state index contributed by atoms with van der Waals surface area (Å²) in [6, 6.07) is 9.91. The second kappa shape index (κ2) is 6.90. The Morgan fingerprint density at radius 3 is 2.41 bits per heavy atom. The molecule has 0 fully saturated rings. The molecule has 3 aromatic rings. The molecule has 0 saturated carbocycles. The first-order valence-electron chi connectivity index (χ1n) is 7.55. The van der Waals surface area contributed by atoms with E-state index in [-0.39, 0.29) is 22.6 Å². The van der Waals surface area contributed by atoms with Gasteiger partial charge in [0.05, 0.1) is 17.2 Å². The highest BCUT2D eigenvalue weighted by Crippen LogP contribution is 2.37. The van der Waals surface area contributed by atoms with Gasteiger partial charge in [-0.05, 0) is 29.8 Å². The van der Waals surface area contributed by atoms with Crippen molar-refractivity contribution < 1.29 is 26.8 Å². The van der Waals surface area contributed by atoms with E-state index in [2.05, 4.69) is 5.16 Å². The number of benzene rings is 2. The van der Waals surface area contributed by atoms with Crippen LogP contribution in [0.4, 0.5) is 8.78 Å². The molecule has 9 heteroatoms. The van der Waals surface area contributed by atoms with Crippen molar-refractivity contribution in [2.24, 2.45) is 0 Å². The molecule has 0 unspecified atom stereocenters. The average Bonchev–Trinajstić information content (AvgIpc) is 3.04. The van der Waals surface area contributed by atoms with Crippen LogP contribution in [0.3, 0.4) is 0 Å². The van der Waals surface area contributed by atoms with Crippen LogP contribution < -0.4 is 0 Å². The number of aromatic nitrogens is 1. The molecule has 1 aromatic heterocycles. The number of sulfone groups is 1. The van der Waals surface area contributed by atoms with Crippen LogP contribution in [-0.2, 0) is 16.4 Å². The Morgan fingerprint density at radius 1 is 1.19 bits per heavy atom. The summed E-state index contributed by atoms with van der Waals surface area (Å²) in [7, 11) is -4.11. The van der Waals surface area contributed by atoms with Gasteiger partial charge in [-0.1, -0.05) is 17.3 Å². The van der Waals surface area contributed by atoms with Crippen molar-refractivity contribution in [2.75, 3.05) is 6.26 Å². The van der Waals surface area contributed by atoms with E-state index in [0.29, 0.717) is 17.4 Å². The molecule has 3 rings (SSSR count). The second-order valence-electron chi connectivity index (χ2n) is 5.72. The van der Waals surface area contributed by atoms with Crippen molar-refractivity contribution in [3.05, 3.63) is 59.4 Å². The number of nitrogens with zero attached hydrogens (tertiary/aromatic N) is 2. The van der Waals surface area contributed by atoms with Crippen molar-refractivity contribution in [1.82, 2.24) is 5.16 Å². The number of rotatable bonds is 4. The quantitative estimate of drug-likeness (QED) is 0.734. The van der Waals surface area contributed by atoms with Gasteiger partial charge in [-0.2, -0.15) is 5.26 Å². The molecule has 0 radical (unpaired) electrons. The smallest absolute Gasteiger partial charge is 0.181 e. The Hall–Kier alpha value is -3.09. The zero-order valence-electron chi connectivity index (χ0n) is 13.9. The van der Waals surface area contributed by atoms with Crippen LogP contribution >= 0.6 is 0 Å². The van der Waals surface area contributed by atoms with Crippen LogP contribution in [0.25, 0.3) is 22.4 Å². The summed E-state index contributed by atoms with van der Waals surface area (Å²) in [6.07, 6.45) is 0.700. The van der Waals surface area contributed by atoms with Crippen LogP contribution in [0, 0.1) is 23.0 Å². The Balaban J connectivity index is 2.27. The van der Waals surface area contributed by atoms with E-state index in [1.165, 1.54) is 6.07 Å². The minimum Gasteiger partial charge on any atom is -0.388 e. The molecular weight excluding hydrogens is 378 g/mol. The first kappa shape index (κ1) is 18.7. The van der Waals surface area contributed by atoms with Gasteiger partial charge in [0.15, 0.2) is 15.6 Å². The lowest BCUT2D eigenvalue weighted by atomic mass is 9.98. The minimum absolute atomic E-state index is 0.0555. The Kier molecular flexibility index (Phi) is 4.78. The predicted molar refractivity (Wildman–Crippen MR) is 91.0 cm³/mol. The third-order valence-electron chi connectivity index (χ3n) is 3.83. The molecule has 0 aliphatic carbocycles. The topological polar surface area (TPSA) is 104 Å². The Bertz CT molecular complexity index is 1160. The van der Waals surface area contributed by atoms with E-state index in [0.717, 1.165) is 12.1 Å². The maximum Gasteiger partial charge on any atom is 0.181 e. The van der Waals surface area contributed by atoms with Crippen LogP contribution in [0.2, 0.25) is 0 Å². The molecule has 1 heterocycles. The van der Waals surface area contributed by atoms with Crippen molar-refractivity contribution in [3.63, 3.8) is 0 Å². The van der Waals surface area contributed by atoms with Gasteiger partial charge in [-0.3, -0.25) is 0 Å². The van der Waals surface area contributed by atoms with E-state index in [1.807, 2.05) is 6.07 Å². The number of hydrogen-bond donors (Lipinski definition) is 1. The maximum atomic E-state index is 14.3. The fourth-order valence-electron chi connectivity index (χ4n) is 2.72. The minimum atomic E-state index is -4.11. The van der Waals surface area contributed by atoms with E-state index in [9.17, 15) is 22.3 Å². The summed E-state index contributed by atoms with van der Waals surface area (Å²) in [5.74, 6) is -2.60. The zero-order valence-corrected chi connectivity index (χ0v) is 14.7. The van der Waals surface area contributed by atoms with Gasteiger partial charge >= 0.3 is 0 Å². The normalized spacial score (nSPS) is 11.4. The van der Waals surface area contributed by atoms with Crippen LogP contribution in [0.5, 0.6) is 0 Å². The lowest BCUT2D eigenvalue weighted by molar-refractivity contribution is 0.230. The maximum absolute atomic E-state index is 14.3. The second-order valence-corrected chi connectivity index (χ2v) is 7.67. The van der Waals surface area contributed by atoms with Crippen molar-refractivity contribution in [1.29, 1.82) is 5.26 Å². The molecule has 0 saturated heterocycles. The standard InChI is InChI=1S/C18H12F2N2O4S/c1-27(24,25)18-13(19)6-12(7-14(18)20)16-15(9-23)26-22-17(16)11-4-2-3-10(5-11)8-21/h2-7,23H,9H2,1H3. The lowest BCUT2D eigenvalue weighted by Crippen LogP contribution is -2.05. The summed E-state index contributed by atoms with van der Waals surface area (Å²) in [5, 5.41) is 22.4. The SMILES string of the molecule is CS(=O)(=O)c1c(F)cc(-c2c(-c3cccc(C#N)c3)noc2CO)cc1F. The molecule has 0 bridgehead atoms. The van der Waals surface area contributed by atoms with Crippen LogP contribution in [-0.4, -0.2) is 24.9 Å². The van der Waals surface area contributed by atoms with E-state index >= 15 is 0 Å². The lowest BCUT2D eigenvalue weighted by Gasteiger charge is -2.08. The monoisotopic (exact) mass is 390 g/mol. The van der Waals surface area contributed by atoms with Gasteiger partial charge in [0.2, 0.25) is 0 Å². The highest BCUT2D eigenvalue weighted by molar-refractivity contribution is 7.90. The summed E-state index contributed by atoms with van der Waals surface area (Å²) in [5.41, 5.74) is 0.963. The van der Waals surface area contributed by atoms with Crippen LogP contribution in [0.1, 0.15) is 11.3 Å². The number of halogens is 2. The van der Waals surface area contributed by atoms with Crippen molar-refractivity contribution in [2.45, 2.75) is 11.5 Å². The molecule has 138 valence electrons. The van der Waals surface area contributed by atoms with Gasteiger partial charge < -0.3 is 9.63 Å². The molecule has 1 N–H and O–H groups in total. The number of aliphatic hydroxyl groups is 1. The largest absolute Gasteiger partial charge is 0.388 e. The van der Waals surface area contributed by atoms with Gasteiger partial charge in [0.25, 0.3) is 0 Å². The first-order valence-corrected chi connectivity index (χ1v) is 9.44. The van der Waals surface area contributed by atoms with Gasteiger partial charge in [0, 0.05) is 11.8 Å². The van der Waals surface area contributed by atoms with E-state index in [1.54, 1.807) is 18.2 Å². The van der Waals surface area contributed by atoms with Gasteiger partial charge in [-0.15, -0.1) is 0 Å². The molecule has 27 heavy (non-hydrogen) atoms. The summed E-state index contributed by atoms with van der Waals surface area (Å²) < 4.78 is 56.8. The molecule has 0 spiro atoms. The van der Waals surface area contributed by atoms with Gasteiger partial charge in [0.1, 0.15) is 28.8 Å². The third kappa shape index (κ3) is 3.45. The Morgan fingerprint density at radius 2 is 1.85 bits per heavy atom. The Labute approximate surface area is 153 Å². The molecule has 0 atom stereocenters. The zero-order chi connectivity index (χ0) is 19.8. The molecule has 0 aliphatic rings. The first-order chi connectivity index (χ1) is 12.8. The van der Waals surface area contributed by atoms with E-state index < -0.39 is 33.0 Å². The average molecular weight is 390 g/mol. The fourth-order valence-corrected chi connectivity index (χ4v) is 3.55. The predicted octanol–water partition coefficient (Wildman–Crippen LogP) is 3.05. The molecule has 0 aliphatic heterocycles. The van der Waals surface area contributed by atoms with Crippen LogP contribution in [0.15, 0.2) is 45.8 Å². The van der Waals surface area contributed by atoms with Gasteiger partial charge in [-0.25, -0.2) is 17.2 Å². The molecule has 6 nitrogen and oxygen atoms in total. The molecular formula is C18H12F2N2O4S. The number of nitriles is 1. The fraction of sp³-hybridized carbons (Fsp3) is 0.111. The summed E-state index contributed by atoms with van der Waals surface area (Å²) in [6.45, 7) is -0.600. The van der Waals surface area contributed by atoms with Crippen molar-refractivity contribution >= 4 is 9.84 Å². The third-order valence-corrected chi connectivity index (χ3v) is 4.96. The summed E-state index contributed by atoms with van der Waals surface area (Å²) >= 11 is 0. The highest BCUT2D eigenvalue weighted by atomic mass is 32.2. The highest BCUT2D eigenvalue weighted by Gasteiger charge is 2.25.